The molecule has 4 heteroatoms. The molecule has 0 N–H and O–H groups in total. The summed E-state index contributed by atoms with van der Waals surface area (Å²) >= 11 is 0. The van der Waals surface area contributed by atoms with E-state index in [-0.39, 0.29) is 11.5 Å². The molecule has 0 aliphatic heterocycles. The van der Waals surface area contributed by atoms with Crippen LogP contribution in [0.15, 0.2) is 29.2 Å². The van der Waals surface area contributed by atoms with E-state index in [0.717, 1.165) is 12.8 Å². The monoisotopic (exact) mass is 268 g/mol. The molecule has 1 aromatic rings. The van der Waals surface area contributed by atoms with Crippen LogP contribution in [0.1, 0.15) is 49.9 Å². The number of Topliss-reactive ketones (excluding diaryl/α,β-unsaturated/α-hetero) is 1. The summed E-state index contributed by atoms with van der Waals surface area (Å²) in [5.41, 5.74) is 0.574. The lowest BCUT2D eigenvalue weighted by Gasteiger charge is -2.05. The van der Waals surface area contributed by atoms with Gasteiger partial charge in [-0.15, -0.1) is 0 Å². The van der Waals surface area contributed by atoms with Crippen molar-refractivity contribution in [1.82, 2.24) is 0 Å². The lowest BCUT2D eigenvalue weighted by Crippen LogP contribution is -2.07. The Balaban J connectivity index is 2.81. The van der Waals surface area contributed by atoms with Crippen LogP contribution in [-0.4, -0.2) is 20.0 Å². The zero-order valence-corrected chi connectivity index (χ0v) is 11.8. The third kappa shape index (κ3) is 3.95. The summed E-state index contributed by atoms with van der Waals surface area (Å²) in [6, 6.07) is 6.26. The van der Waals surface area contributed by atoms with Crippen molar-refractivity contribution in [3.8, 4) is 0 Å². The molecule has 0 spiro atoms. The maximum atomic E-state index is 12.0. The van der Waals surface area contributed by atoms with Crippen LogP contribution in [0.3, 0.4) is 0 Å². The molecule has 0 fully saturated rings. The van der Waals surface area contributed by atoms with Crippen LogP contribution in [0.2, 0.25) is 0 Å². The van der Waals surface area contributed by atoms with Crippen LogP contribution < -0.4 is 0 Å². The van der Waals surface area contributed by atoms with E-state index in [1.54, 1.807) is 19.1 Å². The van der Waals surface area contributed by atoms with E-state index < -0.39 is 9.84 Å². The number of carbonyl (C=O) groups excluding carboxylic acids is 1. The van der Waals surface area contributed by atoms with Gasteiger partial charge in [0.2, 0.25) is 0 Å². The van der Waals surface area contributed by atoms with E-state index in [1.807, 2.05) is 6.92 Å². The zero-order valence-electron chi connectivity index (χ0n) is 11.0. The molecule has 1 rings (SSSR count). The Labute approximate surface area is 109 Å². The molecule has 0 bridgehead atoms. The van der Waals surface area contributed by atoms with Crippen molar-refractivity contribution in [3.05, 3.63) is 29.8 Å². The average Bonchev–Trinajstić information content (AvgIpc) is 2.38. The molecule has 0 atom stereocenters. The summed E-state index contributed by atoms with van der Waals surface area (Å²) in [7, 11) is -3.19. The zero-order chi connectivity index (χ0) is 13.6. The van der Waals surface area contributed by atoms with Gasteiger partial charge < -0.3 is 0 Å². The van der Waals surface area contributed by atoms with Crippen LogP contribution in [0.4, 0.5) is 0 Å². The Morgan fingerprint density at radius 2 is 1.67 bits per heavy atom. The Bertz CT molecular complexity index is 486. The van der Waals surface area contributed by atoms with Gasteiger partial charge in [0, 0.05) is 12.0 Å². The van der Waals surface area contributed by atoms with E-state index in [2.05, 4.69) is 0 Å². The van der Waals surface area contributed by atoms with Gasteiger partial charge in [-0.25, -0.2) is 8.42 Å². The summed E-state index contributed by atoms with van der Waals surface area (Å²) in [4.78, 5) is 11.7. The van der Waals surface area contributed by atoms with E-state index >= 15 is 0 Å². The molecular formula is C14H20O3S. The fourth-order valence-corrected chi connectivity index (χ4v) is 3.08. The summed E-state index contributed by atoms with van der Waals surface area (Å²) < 4.78 is 23.9. The van der Waals surface area contributed by atoms with Crippen LogP contribution in [0.25, 0.3) is 0 Å². The van der Waals surface area contributed by atoms with Crippen molar-refractivity contribution >= 4 is 15.6 Å². The van der Waals surface area contributed by atoms with Crippen molar-refractivity contribution in [3.63, 3.8) is 0 Å². The van der Waals surface area contributed by atoms with Crippen LogP contribution in [0, 0.1) is 0 Å². The second-order valence-corrected chi connectivity index (χ2v) is 6.44. The number of ketones is 1. The maximum Gasteiger partial charge on any atom is 0.178 e. The fraction of sp³-hybridized carbons (Fsp3) is 0.500. The minimum Gasteiger partial charge on any atom is -0.294 e. The molecule has 0 saturated carbocycles. The number of benzene rings is 1. The fourth-order valence-electron chi connectivity index (χ4n) is 1.71. The van der Waals surface area contributed by atoms with Gasteiger partial charge in [0.25, 0.3) is 0 Å². The highest BCUT2D eigenvalue weighted by molar-refractivity contribution is 7.91. The molecule has 0 radical (unpaired) electrons. The molecule has 1 aromatic carbocycles. The molecule has 0 aliphatic rings. The third-order valence-corrected chi connectivity index (χ3v) is 4.69. The molecular weight excluding hydrogens is 248 g/mol. The SMILES string of the molecule is CCCCCS(=O)(=O)c1ccc(C(=O)CC)cc1. The third-order valence-electron chi connectivity index (χ3n) is 2.87. The van der Waals surface area contributed by atoms with E-state index in [4.69, 9.17) is 0 Å². The van der Waals surface area contributed by atoms with Gasteiger partial charge in [0.1, 0.15) is 0 Å². The summed E-state index contributed by atoms with van der Waals surface area (Å²) in [6.45, 7) is 3.83. The largest absolute Gasteiger partial charge is 0.294 e. The lowest BCUT2D eigenvalue weighted by molar-refractivity contribution is 0.0988. The Morgan fingerprint density at radius 1 is 1.06 bits per heavy atom. The summed E-state index contributed by atoms with van der Waals surface area (Å²) in [5, 5.41) is 0. The first kappa shape index (κ1) is 14.9. The Hall–Kier alpha value is -1.16. The second kappa shape index (κ2) is 6.69. The van der Waals surface area contributed by atoms with Crippen molar-refractivity contribution in [1.29, 1.82) is 0 Å². The van der Waals surface area contributed by atoms with Crippen molar-refractivity contribution in [2.45, 2.75) is 44.4 Å². The summed E-state index contributed by atoms with van der Waals surface area (Å²) in [5.74, 6) is 0.215. The summed E-state index contributed by atoms with van der Waals surface area (Å²) in [6.07, 6.45) is 3.04. The molecule has 3 nitrogen and oxygen atoms in total. The van der Waals surface area contributed by atoms with Gasteiger partial charge in [0.05, 0.1) is 10.6 Å². The predicted molar refractivity (Wildman–Crippen MR) is 72.6 cm³/mol. The van der Waals surface area contributed by atoms with Gasteiger partial charge in [-0.3, -0.25) is 4.79 Å². The molecule has 0 heterocycles. The van der Waals surface area contributed by atoms with Gasteiger partial charge in [-0.2, -0.15) is 0 Å². The predicted octanol–water partition coefficient (Wildman–Crippen LogP) is 3.24. The number of sulfone groups is 1. The van der Waals surface area contributed by atoms with Crippen LogP contribution >= 0.6 is 0 Å². The van der Waals surface area contributed by atoms with Crippen LogP contribution in [-0.2, 0) is 9.84 Å². The smallest absolute Gasteiger partial charge is 0.178 e. The topological polar surface area (TPSA) is 51.2 Å². The molecule has 100 valence electrons. The number of carbonyl (C=O) groups is 1. The highest BCUT2D eigenvalue weighted by Gasteiger charge is 2.14. The minimum atomic E-state index is -3.19. The van der Waals surface area contributed by atoms with Gasteiger partial charge in [-0.05, 0) is 18.6 Å². The first-order valence-electron chi connectivity index (χ1n) is 6.37. The van der Waals surface area contributed by atoms with E-state index in [9.17, 15) is 13.2 Å². The maximum absolute atomic E-state index is 12.0. The first-order chi connectivity index (χ1) is 8.51. The minimum absolute atomic E-state index is 0.0323. The Kier molecular flexibility index (Phi) is 5.54. The average molecular weight is 268 g/mol. The highest BCUT2D eigenvalue weighted by Crippen LogP contribution is 2.15. The standard InChI is InChI=1S/C14H20O3S/c1-3-5-6-11-18(16,17)13-9-7-12(8-10-13)14(15)4-2/h7-10H,3-6,11H2,1-2H3. The van der Waals surface area contributed by atoms with Gasteiger partial charge >= 0.3 is 0 Å². The van der Waals surface area contributed by atoms with Crippen molar-refractivity contribution < 1.29 is 13.2 Å². The van der Waals surface area contributed by atoms with Crippen LogP contribution in [0.5, 0.6) is 0 Å². The number of unbranched alkanes of at least 4 members (excludes halogenated alkanes) is 2. The van der Waals surface area contributed by atoms with Crippen molar-refractivity contribution in [2.24, 2.45) is 0 Å². The van der Waals surface area contributed by atoms with Gasteiger partial charge in [-0.1, -0.05) is 38.8 Å². The number of rotatable bonds is 7. The molecule has 18 heavy (non-hydrogen) atoms. The lowest BCUT2D eigenvalue weighted by atomic mass is 10.1. The molecule has 0 amide bonds. The van der Waals surface area contributed by atoms with Gasteiger partial charge in [0.15, 0.2) is 15.6 Å². The molecule has 0 aliphatic carbocycles. The molecule has 0 saturated heterocycles. The van der Waals surface area contributed by atoms with Crippen molar-refractivity contribution in [2.75, 3.05) is 5.75 Å². The number of hydrogen-bond acceptors (Lipinski definition) is 3. The molecule has 0 aromatic heterocycles. The quantitative estimate of drug-likeness (QED) is 0.563. The highest BCUT2D eigenvalue weighted by atomic mass is 32.2. The number of hydrogen-bond donors (Lipinski definition) is 0. The molecule has 0 unspecified atom stereocenters. The second-order valence-electron chi connectivity index (χ2n) is 4.33. The van der Waals surface area contributed by atoms with E-state index in [1.165, 1.54) is 12.1 Å². The first-order valence-corrected chi connectivity index (χ1v) is 8.02. The normalized spacial score (nSPS) is 11.4. The van der Waals surface area contributed by atoms with E-state index in [0.29, 0.717) is 23.3 Å². The Morgan fingerprint density at radius 3 is 2.17 bits per heavy atom.